The number of nitrogens with one attached hydrogen (secondary N) is 2. The number of hydrogen-bond acceptors (Lipinski definition) is 7. The fourth-order valence-corrected chi connectivity index (χ4v) is 4.02. The van der Waals surface area contributed by atoms with Crippen molar-refractivity contribution in [1.82, 2.24) is 0 Å². The lowest BCUT2D eigenvalue weighted by molar-refractivity contribution is -0.384. The highest BCUT2D eigenvalue weighted by Gasteiger charge is 2.21. The van der Waals surface area contributed by atoms with E-state index in [2.05, 4.69) is 31.2 Å². The number of nitro benzene ring substituents is 1. The lowest BCUT2D eigenvalue weighted by Crippen LogP contribution is -2.13. The summed E-state index contributed by atoms with van der Waals surface area (Å²) in [6.07, 6.45) is 3.28. The number of nitro groups is 1. The molecule has 35 heavy (non-hydrogen) atoms. The third kappa shape index (κ3) is 9.06. The van der Waals surface area contributed by atoms with Crippen LogP contribution in [0.3, 0.4) is 0 Å². The first-order chi connectivity index (χ1) is 16.4. The Labute approximate surface area is 219 Å². The van der Waals surface area contributed by atoms with Gasteiger partial charge in [-0.2, -0.15) is 5.10 Å². The third-order valence-corrected chi connectivity index (χ3v) is 6.34. The molecule has 0 spiro atoms. The number of benzene rings is 3. The van der Waals surface area contributed by atoms with E-state index in [9.17, 15) is 22.7 Å². The molecule has 0 unspecified atom stereocenters. The molecule has 0 aliphatic rings. The topological polar surface area (TPSA) is 131 Å². The molecule has 2 N–H and O–H groups in total. The molecule has 3 rings (SSSR count). The molecule has 0 saturated heterocycles. The van der Waals surface area contributed by atoms with Crippen LogP contribution >= 0.6 is 27.5 Å². The molecule has 0 amide bonds. The Balaban J connectivity index is 0.00000100. The first-order valence-electron chi connectivity index (χ1n) is 9.77. The van der Waals surface area contributed by atoms with Crippen LogP contribution in [0.15, 0.2) is 81.2 Å². The standard InChI is InChI=1S/C20H16BrClN4O4S.C2H6OS/c1-13(14-2-4-15(21)5-3-14)23-24-19-11-10-18(12-20(19)26(27)28)31(29,30)25-17-8-6-16(22)7-9-17;1-4(2)3/h2-12,24-25H,1H3;1-2H3. The highest BCUT2D eigenvalue weighted by molar-refractivity contribution is 9.10. The fraction of sp³-hybridized carbons (Fsp3) is 0.136. The second kappa shape index (κ2) is 12.8. The first-order valence-corrected chi connectivity index (χ1v) is 14.4. The number of anilines is 2. The fourth-order valence-electron chi connectivity index (χ4n) is 2.56. The van der Waals surface area contributed by atoms with E-state index in [1.807, 2.05) is 24.3 Å². The van der Waals surface area contributed by atoms with E-state index in [0.29, 0.717) is 10.7 Å². The molecule has 0 aliphatic carbocycles. The first kappa shape index (κ1) is 28.4. The molecular formula is C22H22BrClN4O5S2. The van der Waals surface area contributed by atoms with Gasteiger partial charge in [-0.3, -0.25) is 24.5 Å². The second-order valence-corrected chi connectivity index (χ2v) is 11.6. The van der Waals surface area contributed by atoms with Crippen LogP contribution in [0.5, 0.6) is 0 Å². The summed E-state index contributed by atoms with van der Waals surface area (Å²) >= 11 is 9.15. The number of hydrazone groups is 1. The van der Waals surface area contributed by atoms with Gasteiger partial charge in [-0.25, -0.2) is 8.42 Å². The summed E-state index contributed by atoms with van der Waals surface area (Å²) in [5.41, 5.74) is 3.99. The van der Waals surface area contributed by atoms with Crippen molar-refractivity contribution in [3.8, 4) is 0 Å². The lowest BCUT2D eigenvalue weighted by Gasteiger charge is -2.10. The highest BCUT2D eigenvalue weighted by Crippen LogP contribution is 2.29. The number of nitrogens with zero attached hydrogens (tertiary/aromatic N) is 2. The molecule has 0 radical (unpaired) electrons. The summed E-state index contributed by atoms with van der Waals surface area (Å²) in [6.45, 7) is 1.75. The van der Waals surface area contributed by atoms with Gasteiger partial charge in [-0.15, -0.1) is 0 Å². The van der Waals surface area contributed by atoms with Crippen molar-refractivity contribution in [2.45, 2.75) is 11.8 Å². The average molecular weight is 602 g/mol. The van der Waals surface area contributed by atoms with Gasteiger partial charge in [0.25, 0.3) is 15.7 Å². The average Bonchev–Trinajstić information content (AvgIpc) is 2.78. The van der Waals surface area contributed by atoms with Gasteiger partial charge in [0.15, 0.2) is 0 Å². The van der Waals surface area contributed by atoms with Crippen molar-refractivity contribution in [1.29, 1.82) is 0 Å². The molecule has 0 bridgehead atoms. The quantitative estimate of drug-likeness (QED) is 0.205. The van der Waals surface area contributed by atoms with Crippen LogP contribution in [0.4, 0.5) is 17.1 Å². The molecule has 0 heterocycles. The largest absolute Gasteiger partial charge is 0.295 e. The maximum absolute atomic E-state index is 12.6. The van der Waals surface area contributed by atoms with E-state index in [0.717, 1.165) is 16.1 Å². The Bertz CT molecular complexity index is 1350. The van der Waals surface area contributed by atoms with E-state index < -0.39 is 31.4 Å². The van der Waals surface area contributed by atoms with Crippen molar-refractivity contribution in [3.05, 3.63) is 91.9 Å². The molecule has 3 aromatic carbocycles. The van der Waals surface area contributed by atoms with Gasteiger partial charge >= 0.3 is 0 Å². The predicted molar refractivity (Wildman–Crippen MR) is 145 cm³/mol. The normalized spacial score (nSPS) is 11.4. The van der Waals surface area contributed by atoms with E-state index in [4.69, 9.17) is 11.6 Å². The van der Waals surface area contributed by atoms with Crippen LogP contribution in [0.1, 0.15) is 12.5 Å². The minimum Gasteiger partial charge on any atom is -0.280 e. The summed E-state index contributed by atoms with van der Waals surface area (Å²) in [5.74, 6) is 0. The number of halogens is 2. The SMILES string of the molecule is CC(=NNc1ccc(S(=O)(=O)Nc2ccc(Cl)cc2)cc1[N+](=O)[O-])c1ccc(Br)cc1.CS(C)=O. The van der Waals surface area contributed by atoms with Gasteiger partial charge in [0, 0.05) is 44.6 Å². The van der Waals surface area contributed by atoms with Crippen LogP contribution in [-0.2, 0) is 20.8 Å². The van der Waals surface area contributed by atoms with Crippen molar-refractivity contribution in [2.75, 3.05) is 22.7 Å². The van der Waals surface area contributed by atoms with Gasteiger partial charge in [-0.1, -0.05) is 39.7 Å². The third-order valence-electron chi connectivity index (χ3n) is 4.18. The molecule has 0 aliphatic heterocycles. The molecule has 0 fully saturated rings. The molecule has 9 nitrogen and oxygen atoms in total. The Morgan fingerprint density at radius 1 is 1.06 bits per heavy atom. The lowest BCUT2D eigenvalue weighted by atomic mass is 10.1. The predicted octanol–water partition coefficient (Wildman–Crippen LogP) is 5.64. The smallest absolute Gasteiger partial charge is 0.280 e. The maximum atomic E-state index is 12.6. The zero-order valence-electron chi connectivity index (χ0n) is 18.9. The Morgan fingerprint density at radius 2 is 1.63 bits per heavy atom. The maximum Gasteiger partial charge on any atom is 0.295 e. The summed E-state index contributed by atoms with van der Waals surface area (Å²) in [5, 5.41) is 16.2. The minimum atomic E-state index is -4.04. The zero-order valence-corrected chi connectivity index (χ0v) is 22.8. The van der Waals surface area contributed by atoms with Crippen molar-refractivity contribution < 1.29 is 17.6 Å². The summed E-state index contributed by atoms with van der Waals surface area (Å²) in [6, 6.07) is 17.0. The Kier molecular flexibility index (Phi) is 10.4. The number of sulfonamides is 1. The molecule has 13 heteroatoms. The highest BCUT2D eigenvalue weighted by atomic mass is 79.9. The van der Waals surface area contributed by atoms with E-state index in [-0.39, 0.29) is 16.3 Å². The minimum absolute atomic E-state index is 0.0619. The van der Waals surface area contributed by atoms with Gasteiger partial charge in [0.2, 0.25) is 0 Å². The Hall–Kier alpha value is -2.80. The molecular weight excluding hydrogens is 580 g/mol. The van der Waals surface area contributed by atoms with E-state index in [1.54, 1.807) is 19.4 Å². The zero-order chi connectivity index (χ0) is 26.2. The summed E-state index contributed by atoms with van der Waals surface area (Å²) in [4.78, 5) is 10.6. The van der Waals surface area contributed by atoms with E-state index >= 15 is 0 Å². The van der Waals surface area contributed by atoms with Crippen molar-refractivity contribution in [2.24, 2.45) is 5.10 Å². The van der Waals surface area contributed by atoms with Crippen molar-refractivity contribution >= 4 is 71.1 Å². The van der Waals surface area contributed by atoms with Crippen LogP contribution in [0, 0.1) is 10.1 Å². The van der Waals surface area contributed by atoms with Crippen LogP contribution in [-0.4, -0.2) is 35.8 Å². The van der Waals surface area contributed by atoms with Gasteiger partial charge in [-0.05, 0) is 61.0 Å². The van der Waals surface area contributed by atoms with Gasteiger partial charge in [0.05, 0.1) is 15.5 Å². The molecule has 186 valence electrons. The molecule has 0 saturated carbocycles. The second-order valence-electron chi connectivity index (χ2n) is 7.11. The number of hydrogen-bond donors (Lipinski definition) is 2. The van der Waals surface area contributed by atoms with Crippen LogP contribution < -0.4 is 10.1 Å². The number of rotatable bonds is 7. The van der Waals surface area contributed by atoms with Gasteiger partial charge in [0.1, 0.15) is 5.69 Å². The molecule has 3 aromatic rings. The molecule has 0 atom stereocenters. The molecule has 0 aromatic heterocycles. The van der Waals surface area contributed by atoms with Gasteiger partial charge < -0.3 is 0 Å². The summed E-state index contributed by atoms with van der Waals surface area (Å²) < 4.78 is 38.1. The van der Waals surface area contributed by atoms with Crippen LogP contribution in [0.25, 0.3) is 0 Å². The monoisotopic (exact) mass is 600 g/mol. The van der Waals surface area contributed by atoms with Crippen LogP contribution in [0.2, 0.25) is 5.02 Å². The summed E-state index contributed by atoms with van der Waals surface area (Å²) in [7, 11) is -4.65. The van der Waals surface area contributed by atoms with Crippen molar-refractivity contribution in [3.63, 3.8) is 0 Å². The van der Waals surface area contributed by atoms with E-state index in [1.165, 1.54) is 36.4 Å². The Morgan fingerprint density at radius 3 is 2.17 bits per heavy atom.